The van der Waals surface area contributed by atoms with Crippen LogP contribution in [-0.2, 0) is 11.3 Å². The van der Waals surface area contributed by atoms with Crippen LogP contribution in [-0.4, -0.2) is 54.2 Å². The first-order valence-electron chi connectivity index (χ1n) is 10.9. The molecule has 0 saturated carbocycles. The van der Waals surface area contributed by atoms with E-state index in [-0.39, 0.29) is 35.6 Å². The minimum Gasteiger partial charge on any atom is -0.444 e. The smallest absolute Gasteiger partial charge is 0.216 e. The normalized spacial score (nSPS) is 17.5. The molecule has 2 heterocycles. The molecule has 2 aromatic rings. The van der Waals surface area contributed by atoms with Crippen molar-refractivity contribution in [3.63, 3.8) is 0 Å². The van der Waals surface area contributed by atoms with E-state index in [9.17, 15) is 0 Å². The Bertz CT molecular complexity index is 866. The van der Waals surface area contributed by atoms with Gasteiger partial charge in [0, 0.05) is 31.2 Å². The van der Waals surface area contributed by atoms with Crippen molar-refractivity contribution in [2.45, 2.75) is 52.8 Å². The van der Waals surface area contributed by atoms with Crippen LogP contribution in [0.25, 0.3) is 0 Å². The number of aromatic nitrogens is 1. The molecule has 1 unspecified atom stereocenters. The van der Waals surface area contributed by atoms with Gasteiger partial charge in [-0.05, 0) is 52.3 Å². The molecule has 178 valence electrons. The SMILES string of the molecule is CCNC(=NCc1nc(C)c(C)o1)NCC(c1ccc(Cl)cc1)N1CCOC(C)(C)C1.I. The second-order valence-electron chi connectivity index (χ2n) is 8.47. The number of hydrogen-bond donors (Lipinski definition) is 2. The summed E-state index contributed by atoms with van der Waals surface area (Å²) in [5.74, 6) is 2.19. The van der Waals surface area contributed by atoms with Crippen molar-refractivity contribution >= 4 is 41.5 Å². The van der Waals surface area contributed by atoms with E-state index in [4.69, 9.17) is 20.8 Å². The molecule has 0 amide bonds. The minimum absolute atomic E-state index is 0. The Labute approximate surface area is 213 Å². The number of oxazole rings is 1. The van der Waals surface area contributed by atoms with Crippen LogP contribution in [0.3, 0.4) is 0 Å². The number of hydrogen-bond acceptors (Lipinski definition) is 5. The number of morpholine rings is 1. The lowest BCUT2D eigenvalue weighted by atomic mass is 10.0. The number of guanidine groups is 1. The fourth-order valence-corrected chi connectivity index (χ4v) is 3.88. The van der Waals surface area contributed by atoms with Crippen molar-refractivity contribution in [1.29, 1.82) is 0 Å². The zero-order valence-corrected chi connectivity index (χ0v) is 22.7. The average Bonchev–Trinajstić information content (AvgIpc) is 3.04. The zero-order valence-electron chi connectivity index (χ0n) is 19.6. The molecule has 0 aliphatic carbocycles. The van der Waals surface area contributed by atoms with E-state index in [1.54, 1.807) is 0 Å². The predicted octanol–water partition coefficient (Wildman–Crippen LogP) is 4.47. The predicted molar refractivity (Wildman–Crippen MR) is 140 cm³/mol. The number of nitrogens with zero attached hydrogens (tertiary/aromatic N) is 3. The van der Waals surface area contributed by atoms with Crippen molar-refractivity contribution in [2.75, 3.05) is 32.8 Å². The van der Waals surface area contributed by atoms with Gasteiger partial charge in [0.15, 0.2) is 5.96 Å². The van der Waals surface area contributed by atoms with Crippen molar-refractivity contribution in [3.05, 3.63) is 52.2 Å². The molecular formula is C23H35ClIN5O2. The third-order valence-corrected chi connectivity index (χ3v) is 5.66. The van der Waals surface area contributed by atoms with E-state index in [2.05, 4.69) is 58.4 Å². The Kier molecular flexibility index (Phi) is 10.3. The Morgan fingerprint density at radius 2 is 1.97 bits per heavy atom. The molecule has 32 heavy (non-hydrogen) atoms. The highest BCUT2D eigenvalue weighted by Crippen LogP contribution is 2.27. The molecule has 1 saturated heterocycles. The largest absolute Gasteiger partial charge is 0.444 e. The topological polar surface area (TPSA) is 74.9 Å². The first kappa shape index (κ1) is 26.9. The molecular weight excluding hydrogens is 541 g/mol. The van der Waals surface area contributed by atoms with Crippen LogP contribution in [0.1, 0.15) is 49.7 Å². The molecule has 1 aromatic heterocycles. The van der Waals surface area contributed by atoms with Crippen molar-refractivity contribution in [2.24, 2.45) is 4.99 Å². The summed E-state index contributed by atoms with van der Waals surface area (Å²) in [4.78, 5) is 11.5. The summed E-state index contributed by atoms with van der Waals surface area (Å²) in [7, 11) is 0. The Morgan fingerprint density at radius 1 is 1.25 bits per heavy atom. The van der Waals surface area contributed by atoms with E-state index in [1.807, 2.05) is 26.0 Å². The number of ether oxygens (including phenoxy) is 1. The van der Waals surface area contributed by atoms with Gasteiger partial charge < -0.3 is 19.8 Å². The van der Waals surface area contributed by atoms with E-state index < -0.39 is 0 Å². The molecule has 1 aromatic carbocycles. The maximum absolute atomic E-state index is 6.14. The molecule has 0 radical (unpaired) electrons. The summed E-state index contributed by atoms with van der Waals surface area (Å²) >= 11 is 6.14. The van der Waals surface area contributed by atoms with Crippen LogP contribution in [0.4, 0.5) is 0 Å². The summed E-state index contributed by atoms with van der Waals surface area (Å²) in [5, 5.41) is 7.56. The van der Waals surface area contributed by atoms with Gasteiger partial charge in [-0.25, -0.2) is 9.98 Å². The molecule has 9 heteroatoms. The summed E-state index contributed by atoms with van der Waals surface area (Å²) < 4.78 is 11.6. The molecule has 1 aliphatic rings. The third-order valence-electron chi connectivity index (χ3n) is 5.40. The van der Waals surface area contributed by atoms with Gasteiger partial charge in [-0.1, -0.05) is 23.7 Å². The summed E-state index contributed by atoms with van der Waals surface area (Å²) in [6.45, 7) is 14.5. The van der Waals surface area contributed by atoms with E-state index >= 15 is 0 Å². The fourth-order valence-electron chi connectivity index (χ4n) is 3.75. The number of aryl methyl sites for hydroxylation is 2. The minimum atomic E-state index is -0.178. The second kappa shape index (κ2) is 12.2. The summed E-state index contributed by atoms with van der Waals surface area (Å²) in [6, 6.07) is 8.25. The molecule has 1 aliphatic heterocycles. The van der Waals surface area contributed by atoms with E-state index in [0.717, 1.165) is 42.1 Å². The monoisotopic (exact) mass is 575 g/mol. The molecule has 3 rings (SSSR count). The number of benzene rings is 1. The fraction of sp³-hybridized carbons (Fsp3) is 0.565. The Balaban J connectivity index is 0.00000363. The van der Waals surface area contributed by atoms with Crippen LogP contribution in [0, 0.1) is 13.8 Å². The lowest BCUT2D eigenvalue weighted by Gasteiger charge is -2.42. The van der Waals surface area contributed by atoms with Gasteiger partial charge >= 0.3 is 0 Å². The van der Waals surface area contributed by atoms with Crippen LogP contribution < -0.4 is 10.6 Å². The lowest BCUT2D eigenvalue weighted by Crippen LogP contribution is -2.52. The quantitative estimate of drug-likeness (QED) is 0.288. The van der Waals surface area contributed by atoms with Crippen molar-refractivity contribution < 1.29 is 9.15 Å². The number of halogens is 2. The third kappa shape index (κ3) is 7.60. The van der Waals surface area contributed by atoms with E-state index in [0.29, 0.717) is 25.6 Å². The van der Waals surface area contributed by atoms with Crippen LogP contribution >= 0.6 is 35.6 Å². The molecule has 2 N–H and O–H groups in total. The van der Waals surface area contributed by atoms with Crippen LogP contribution in [0.2, 0.25) is 5.02 Å². The van der Waals surface area contributed by atoms with Crippen molar-refractivity contribution in [1.82, 2.24) is 20.5 Å². The van der Waals surface area contributed by atoms with Gasteiger partial charge in [-0.2, -0.15) is 0 Å². The molecule has 0 spiro atoms. The number of rotatable bonds is 7. The van der Waals surface area contributed by atoms with Gasteiger partial charge in [0.2, 0.25) is 5.89 Å². The maximum Gasteiger partial charge on any atom is 0.216 e. The highest BCUT2D eigenvalue weighted by atomic mass is 127. The standard InChI is InChI=1S/C23H34ClN5O2.HI/c1-6-25-22(27-14-21-28-16(2)17(3)31-21)26-13-20(18-7-9-19(24)10-8-18)29-11-12-30-23(4,5)15-29;/h7-10,20H,6,11-15H2,1-5H3,(H2,25,26,27);1H. The van der Waals surface area contributed by atoms with E-state index in [1.165, 1.54) is 5.56 Å². The lowest BCUT2D eigenvalue weighted by molar-refractivity contribution is -0.0971. The van der Waals surface area contributed by atoms with Gasteiger partial charge in [0.1, 0.15) is 12.3 Å². The Hall–Kier alpha value is -1.36. The Morgan fingerprint density at radius 3 is 2.56 bits per heavy atom. The summed E-state index contributed by atoms with van der Waals surface area (Å²) in [5.41, 5.74) is 1.94. The second-order valence-corrected chi connectivity index (χ2v) is 8.91. The van der Waals surface area contributed by atoms with Crippen LogP contribution in [0.5, 0.6) is 0 Å². The molecule has 1 fully saturated rings. The number of nitrogens with one attached hydrogen (secondary N) is 2. The molecule has 0 bridgehead atoms. The molecule has 7 nitrogen and oxygen atoms in total. The number of aliphatic imine (C=N–C) groups is 1. The highest BCUT2D eigenvalue weighted by Gasteiger charge is 2.32. The average molecular weight is 576 g/mol. The molecule has 1 atom stereocenters. The highest BCUT2D eigenvalue weighted by molar-refractivity contribution is 14.0. The van der Waals surface area contributed by atoms with Gasteiger partial charge in [0.25, 0.3) is 0 Å². The van der Waals surface area contributed by atoms with Crippen molar-refractivity contribution in [3.8, 4) is 0 Å². The first-order chi connectivity index (χ1) is 14.8. The zero-order chi connectivity index (χ0) is 22.4. The van der Waals surface area contributed by atoms with Crippen LogP contribution in [0.15, 0.2) is 33.7 Å². The summed E-state index contributed by atoms with van der Waals surface area (Å²) in [6.07, 6.45) is 0. The first-order valence-corrected chi connectivity index (χ1v) is 11.2. The van der Waals surface area contributed by atoms with Gasteiger partial charge in [-0.3, -0.25) is 4.90 Å². The maximum atomic E-state index is 6.14. The van der Waals surface area contributed by atoms with Gasteiger partial charge in [-0.15, -0.1) is 24.0 Å². The van der Waals surface area contributed by atoms with Gasteiger partial charge in [0.05, 0.1) is 23.9 Å².